The second-order valence-corrected chi connectivity index (χ2v) is 7.19. The molecule has 1 fully saturated rings. The second kappa shape index (κ2) is 6.82. The molecule has 102 valence electrons. The Labute approximate surface area is 117 Å². The van der Waals surface area contributed by atoms with Crippen molar-refractivity contribution in [3.05, 3.63) is 11.9 Å². The van der Waals surface area contributed by atoms with Gasteiger partial charge < -0.3 is 5.73 Å². The SMILES string of the molecule is CCCn1nncc1C(N)C1SCCSC1CC. The number of aryl methyl sites for hydroxylation is 1. The smallest absolute Gasteiger partial charge is 0.0766 e. The zero-order valence-corrected chi connectivity index (χ0v) is 12.7. The summed E-state index contributed by atoms with van der Waals surface area (Å²) in [6.45, 7) is 5.31. The Bertz CT molecular complexity index is 369. The summed E-state index contributed by atoms with van der Waals surface area (Å²) >= 11 is 4.08. The molecule has 0 aliphatic carbocycles. The molecular weight excluding hydrogens is 264 g/mol. The minimum absolute atomic E-state index is 0.0503. The van der Waals surface area contributed by atoms with Crippen LogP contribution in [0.3, 0.4) is 0 Å². The number of hydrogen-bond donors (Lipinski definition) is 1. The third-order valence-corrected chi connectivity index (χ3v) is 6.64. The van der Waals surface area contributed by atoms with Gasteiger partial charge in [-0.15, -0.1) is 5.10 Å². The lowest BCUT2D eigenvalue weighted by Gasteiger charge is -2.34. The maximum absolute atomic E-state index is 6.48. The van der Waals surface area contributed by atoms with E-state index in [4.69, 9.17) is 5.73 Å². The summed E-state index contributed by atoms with van der Waals surface area (Å²) in [5.41, 5.74) is 7.57. The molecular formula is C12H22N4S2. The molecule has 4 nitrogen and oxygen atoms in total. The van der Waals surface area contributed by atoms with Crippen LogP contribution in [0.4, 0.5) is 0 Å². The van der Waals surface area contributed by atoms with E-state index in [-0.39, 0.29) is 6.04 Å². The molecule has 18 heavy (non-hydrogen) atoms. The highest BCUT2D eigenvalue weighted by atomic mass is 32.2. The van der Waals surface area contributed by atoms with Crippen LogP contribution in [0.1, 0.15) is 38.4 Å². The quantitative estimate of drug-likeness (QED) is 0.900. The maximum Gasteiger partial charge on any atom is 0.0766 e. The predicted octanol–water partition coefficient (Wildman–Crippen LogP) is 2.32. The molecule has 3 atom stereocenters. The number of nitrogens with two attached hydrogens (primary N) is 1. The second-order valence-electron chi connectivity index (χ2n) is 4.56. The van der Waals surface area contributed by atoms with E-state index in [0.717, 1.165) is 18.7 Å². The Hall–Kier alpha value is -0.200. The van der Waals surface area contributed by atoms with E-state index in [1.807, 2.05) is 22.6 Å². The standard InChI is InChI=1S/C12H22N4S2/c1-3-5-16-9(8-14-15-16)11(13)12-10(4-2)17-6-7-18-12/h8,10-12H,3-7,13H2,1-2H3. The van der Waals surface area contributed by atoms with E-state index in [9.17, 15) is 0 Å². The topological polar surface area (TPSA) is 56.7 Å². The van der Waals surface area contributed by atoms with Crippen molar-refractivity contribution in [1.29, 1.82) is 0 Å². The van der Waals surface area contributed by atoms with Crippen molar-refractivity contribution < 1.29 is 0 Å². The van der Waals surface area contributed by atoms with Crippen molar-refractivity contribution in [3.63, 3.8) is 0 Å². The Balaban J connectivity index is 2.13. The lowest BCUT2D eigenvalue weighted by atomic mass is 10.1. The average Bonchev–Trinajstić information content (AvgIpc) is 2.86. The van der Waals surface area contributed by atoms with Gasteiger partial charge in [0.05, 0.1) is 17.9 Å². The third-order valence-electron chi connectivity index (χ3n) is 3.27. The largest absolute Gasteiger partial charge is 0.322 e. The summed E-state index contributed by atoms with van der Waals surface area (Å²) in [5.74, 6) is 2.45. The van der Waals surface area contributed by atoms with Crippen LogP contribution in [0.5, 0.6) is 0 Å². The average molecular weight is 286 g/mol. The molecule has 0 aromatic carbocycles. The summed E-state index contributed by atoms with van der Waals surface area (Å²) in [4.78, 5) is 0. The molecule has 0 spiro atoms. The van der Waals surface area contributed by atoms with Crippen LogP contribution < -0.4 is 5.73 Å². The van der Waals surface area contributed by atoms with E-state index in [2.05, 4.69) is 35.9 Å². The number of rotatable bonds is 5. The van der Waals surface area contributed by atoms with Crippen LogP contribution in [0.15, 0.2) is 6.20 Å². The summed E-state index contributed by atoms with van der Waals surface area (Å²) in [7, 11) is 0. The fourth-order valence-corrected chi connectivity index (χ4v) is 5.51. The minimum atomic E-state index is 0.0503. The molecule has 6 heteroatoms. The van der Waals surface area contributed by atoms with Gasteiger partial charge in [-0.1, -0.05) is 19.1 Å². The van der Waals surface area contributed by atoms with Crippen LogP contribution in [0, 0.1) is 0 Å². The van der Waals surface area contributed by atoms with Crippen LogP contribution in [-0.2, 0) is 6.54 Å². The van der Waals surface area contributed by atoms with Gasteiger partial charge in [0.1, 0.15) is 0 Å². The van der Waals surface area contributed by atoms with Crippen LogP contribution in [0.25, 0.3) is 0 Å². The van der Waals surface area contributed by atoms with Gasteiger partial charge in [0, 0.05) is 28.6 Å². The summed E-state index contributed by atoms with van der Waals surface area (Å²) in [6, 6.07) is 0.0503. The van der Waals surface area contributed by atoms with Gasteiger partial charge in [0.25, 0.3) is 0 Å². The molecule has 1 saturated heterocycles. The molecule has 0 radical (unpaired) electrons. The Kier molecular flexibility index (Phi) is 5.38. The molecule has 2 N–H and O–H groups in total. The zero-order chi connectivity index (χ0) is 13.0. The van der Waals surface area contributed by atoms with Gasteiger partial charge >= 0.3 is 0 Å². The summed E-state index contributed by atoms with van der Waals surface area (Å²) in [5, 5.41) is 9.31. The number of hydrogen-bond acceptors (Lipinski definition) is 5. The van der Waals surface area contributed by atoms with Gasteiger partial charge in [-0.3, -0.25) is 0 Å². The normalized spacial score (nSPS) is 26.2. The Morgan fingerprint density at radius 2 is 2.22 bits per heavy atom. The van der Waals surface area contributed by atoms with E-state index in [1.165, 1.54) is 17.9 Å². The monoisotopic (exact) mass is 286 g/mol. The van der Waals surface area contributed by atoms with E-state index in [1.54, 1.807) is 0 Å². The predicted molar refractivity (Wildman–Crippen MR) is 80.0 cm³/mol. The van der Waals surface area contributed by atoms with E-state index < -0.39 is 0 Å². The summed E-state index contributed by atoms with van der Waals surface area (Å²) < 4.78 is 1.97. The first kappa shape index (κ1) is 14.2. The lowest BCUT2D eigenvalue weighted by molar-refractivity contribution is 0.512. The highest BCUT2D eigenvalue weighted by Gasteiger charge is 2.32. The molecule has 2 rings (SSSR count). The Morgan fingerprint density at radius 1 is 1.44 bits per heavy atom. The first-order valence-electron chi connectivity index (χ1n) is 6.65. The van der Waals surface area contributed by atoms with Crippen molar-refractivity contribution in [2.45, 2.75) is 49.8 Å². The Morgan fingerprint density at radius 3 is 2.94 bits per heavy atom. The third kappa shape index (κ3) is 3.03. The van der Waals surface area contributed by atoms with Crippen molar-refractivity contribution >= 4 is 23.5 Å². The molecule has 1 aromatic rings. The van der Waals surface area contributed by atoms with Crippen LogP contribution in [-0.4, -0.2) is 37.0 Å². The van der Waals surface area contributed by atoms with Crippen molar-refractivity contribution in [2.24, 2.45) is 5.73 Å². The fraction of sp³-hybridized carbons (Fsp3) is 0.833. The first-order valence-corrected chi connectivity index (χ1v) is 8.74. The van der Waals surface area contributed by atoms with E-state index >= 15 is 0 Å². The highest BCUT2D eigenvalue weighted by Crippen LogP contribution is 2.39. The molecule has 2 heterocycles. The van der Waals surface area contributed by atoms with Gasteiger partial charge in [0.15, 0.2) is 0 Å². The van der Waals surface area contributed by atoms with Crippen molar-refractivity contribution in [1.82, 2.24) is 15.0 Å². The van der Waals surface area contributed by atoms with Crippen molar-refractivity contribution in [2.75, 3.05) is 11.5 Å². The molecule has 0 bridgehead atoms. The number of thioether (sulfide) groups is 2. The van der Waals surface area contributed by atoms with Gasteiger partial charge in [-0.25, -0.2) is 4.68 Å². The van der Waals surface area contributed by atoms with Crippen molar-refractivity contribution in [3.8, 4) is 0 Å². The molecule has 0 saturated carbocycles. The molecule has 1 aromatic heterocycles. The highest BCUT2D eigenvalue weighted by molar-refractivity contribution is 8.07. The van der Waals surface area contributed by atoms with Gasteiger partial charge in [-0.2, -0.15) is 23.5 Å². The first-order chi connectivity index (χ1) is 8.77. The lowest BCUT2D eigenvalue weighted by Crippen LogP contribution is -2.36. The van der Waals surface area contributed by atoms with Gasteiger partial charge in [0.2, 0.25) is 0 Å². The van der Waals surface area contributed by atoms with E-state index in [0.29, 0.717) is 10.5 Å². The molecule has 3 unspecified atom stereocenters. The fourth-order valence-electron chi connectivity index (χ4n) is 2.35. The zero-order valence-electron chi connectivity index (χ0n) is 11.1. The van der Waals surface area contributed by atoms with Gasteiger partial charge in [-0.05, 0) is 12.8 Å². The molecule has 1 aliphatic heterocycles. The number of aromatic nitrogens is 3. The molecule has 1 aliphatic rings. The summed E-state index contributed by atoms with van der Waals surface area (Å²) in [6.07, 6.45) is 4.09. The molecule has 0 amide bonds. The maximum atomic E-state index is 6.48. The number of nitrogens with zero attached hydrogens (tertiary/aromatic N) is 3. The van der Waals surface area contributed by atoms with Crippen LogP contribution >= 0.6 is 23.5 Å². The minimum Gasteiger partial charge on any atom is -0.322 e. The van der Waals surface area contributed by atoms with Crippen LogP contribution in [0.2, 0.25) is 0 Å².